The van der Waals surface area contributed by atoms with Crippen molar-refractivity contribution in [1.29, 1.82) is 0 Å². The number of rotatable bonds is 6. The molecule has 9 heteroatoms. The van der Waals surface area contributed by atoms with Crippen molar-refractivity contribution in [3.63, 3.8) is 0 Å². The molecular formula is C42H36ClN5O2S. The highest BCUT2D eigenvalue weighted by atomic mass is 35.5. The Bertz CT molecular complexity index is 2230. The molecule has 1 saturated heterocycles. The SMILES string of the molecule is COc1ccc(C23CC(c4cc5ccccc5nc4N4CCN(c5ccccc5)CC4)Sc4ccccc4N2C(c2ccc(Cl)cc2)=NO3)cc1. The summed E-state index contributed by atoms with van der Waals surface area (Å²) in [5, 5.41) is 6.63. The van der Waals surface area contributed by atoms with Crippen molar-refractivity contribution in [2.75, 3.05) is 48.0 Å². The molecule has 0 N–H and O–H groups in total. The molecule has 3 aliphatic heterocycles. The summed E-state index contributed by atoms with van der Waals surface area (Å²) in [5.74, 6) is 2.56. The van der Waals surface area contributed by atoms with Gasteiger partial charge in [-0.2, -0.15) is 0 Å². The normalized spacial score (nSPS) is 19.9. The molecule has 9 rings (SSSR count). The van der Waals surface area contributed by atoms with Crippen LogP contribution in [-0.2, 0) is 10.6 Å². The first-order valence-electron chi connectivity index (χ1n) is 17.3. The molecule has 1 fully saturated rings. The fourth-order valence-electron chi connectivity index (χ4n) is 7.53. The molecule has 7 nitrogen and oxygen atoms in total. The topological polar surface area (TPSA) is 53.4 Å². The number of piperazine rings is 1. The molecular weight excluding hydrogens is 674 g/mol. The third kappa shape index (κ3) is 5.72. The van der Waals surface area contributed by atoms with E-state index in [4.69, 9.17) is 31.3 Å². The van der Waals surface area contributed by atoms with Gasteiger partial charge in [-0.1, -0.05) is 65.3 Å². The van der Waals surface area contributed by atoms with E-state index in [9.17, 15) is 0 Å². The van der Waals surface area contributed by atoms with Crippen molar-refractivity contribution in [1.82, 2.24) is 4.98 Å². The fraction of sp³-hybridized carbons (Fsp3) is 0.190. The molecule has 2 atom stereocenters. The third-order valence-corrected chi connectivity index (χ3v) is 11.7. The largest absolute Gasteiger partial charge is 0.497 e. The number of benzene rings is 5. The average molecular weight is 710 g/mol. The molecule has 3 aliphatic rings. The number of methoxy groups -OCH3 is 1. The lowest BCUT2D eigenvalue weighted by molar-refractivity contribution is -0.0283. The number of pyridine rings is 1. The number of fused-ring (bicyclic) bond motifs is 4. The predicted octanol–water partition coefficient (Wildman–Crippen LogP) is 9.51. The second kappa shape index (κ2) is 13.2. The molecule has 0 radical (unpaired) electrons. The van der Waals surface area contributed by atoms with Crippen molar-refractivity contribution in [3.8, 4) is 5.75 Å². The van der Waals surface area contributed by atoms with Gasteiger partial charge in [-0.3, -0.25) is 4.90 Å². The number of aromatic nitrogens is 1. The molecule has 254 valence electrons. The van der Waals surface area contributed by atoms with E-state index in [1.54, 1.807) is 7.11 Å². The summed E-state index contributed by atoms with van der Waals surface area (Å²) in [6, 6.07) is 46.1. The number of halogens is 1. The highest BCUT2D eigenvalue weighted by Crippen LogP contribution is 2.57. The molecule has 1 aromatic heterocycles. The van der Waals surface area contributed by atoms with Crippen molar-refractivity contribution < 1.29 is 9.57 Å². The molecule has 0 amide bonds. The second-order valence-corrected chi connectivity index (χ2v) is 14.7. The average Bonchev–Trinajstić information content (AvgIpc) is 3.50. The molecule has 0 saturated carbocycles. The minimum atomic E-state index is -0.958. The highest BCUT2D eigenvalue weighted by Gasteiger charge is 2.53. The number of oxime groups is 1. The Labute approximate surface area is 307 Å². The van der Waals surface area contributed by atoms with Gasteiger partial charge < -0.3 is 19.4 Å². The maximum absolute atomic E-state index is 6.81. The predicted molar refractivity (Wildman–Crippen MR) is 208 cm³/mol. The molecule has 2 unspecified atom stereocenters. The number of anilines is 3. The van der Waals surface area contributed by atoms with Crippen LogP contribution in [0.15, 0.2) is 144 Å². The Morgan fingerprint density at radius 1 is 0.784 bits per heavy atom. The molecule has 4 heterocycles. The quantitative estimate of drug-likeness (QED) is 0.171. The maximum atomic E-state index is 6.81. The molecule has 6 aromatic rings. The van der Waals surface area contributed by atoms with Crippen molar-refractivity contribution in [2.45, 2.75) is 22.3 Å². The van der Waals surface area contributed by atoms with Gasteiger partial charge in [0.15, 0.2) is 5.84 Å². The Morgan fingerprint density at radius 3 is 2.27 bits per heavy atom. The minimum Gasteiger partial charge on any atom is -0.497 e. The van der Waals surface area contributed by atoms with E-state index in [-0.39, 0.29) is 5.25 Å². The zero-order valence-corrected chi connectivity index (χ0v) is 29.7. The van der Waals surface area contributed by atoms with Crippen LogP contribution in [0.25, 0.3) is 10.9 Å². The number of hydrogen-bond donors (Lipinski definition) is 0. The Hall–Kier alpha value is -5.18. The zero-order chi connectivity index (χ0) is 34.4. The van der Waals surface area contributed by atoms with Crippen molar-refractivity contribution in [3.05, 3.63) is 155 Å². The zero-order valence-electron chi connectivity index (χ0n) is 28.2. The van der Waals surface area contributed by atoms with E-state index in [2.05, 4.69) is 112 Å². The molecule has 51 heavy (non-hydrogen) atoms. The van der Waals surface area contributed by atoms with Gasteiger partial charge in [0.2, 0.25) is 5.72 Å². The summed E-state index contributed by atoms with van der Waals surface area (Å²) in [4.78, 5) is 20.6. The van der Waals surface area contributed by atoms with Crippen LogP contribution in [0.5, 0.6) is 5.75 Å². The number of nitrogens with zero attached hydrogens (tertiary/aromatic N) is 5. The van der Waals surface area contributed by atoms with E-state index < -0.39 is 5.72 Å². The van der Waals surface area contributed by atoms with Gasteiger partial charge in [-0.25, -0.2) is 4.98 Å². The lowest BCUT2D eigenvalue weighted by atomic mass is 9.91. The van der Waals surface area contributed by atoms with Gasteiger partial charge in [0.05, 0.1) is 18.3 Å². The molecule has 5 aromatic carbocycles. The van der Waals surface area contributed by atoms with Crippen LogP contribution in [-0.4, -0.2) is 44.1 Å². The lowest BCUT2D eigenvalue weighted by Crippen LogP contribution is -2.48. The van der Waals surface area contributed by atoms with E-state index in [0.29, 0.717) is 11.4 Å². The first kappa shape index (κ1) is 31.8. The van der Waals surface area contributed by atoms with Gasteiger partial charge in [-0.05, 0) is 84.9 Å². The van der Waals surface area contributed by atoms with Crippen LogP contribution in [0.3, 0.4) is 0 Å². The fourth-order valence-corrected chi connectivity index (χ4v) is 9.01. The smallest absolute Gasteiger partial charge is 0.242 e. The number of amidine groups is 1. The van der Waals surface area contributed by atoms with Crippen LogP contribution in [0.2, 0.25) is 5.02 Å². The summed E-state index contributed by atoms with van der Waals surface area (Å²) >= 11 is 8.22. The maximum Gasteiger partial charge on any atom is 0.242 e. The molecule has 0 spiro atoms. The van der Waals surface area contributed by atoms with Gasteiger partial charge in [0, 0.05) is 75.5 Å². The van der Waals surface area contributed by atoms with Crippen LogP contribution < -0.4 is 19.4 Å². The van der Waals surface area contributed by atoms with Gasteiger partial charge in [0.25, 0.3) is 0 Å². The standard InChI is InChI=1S/C42H36ClN5O2S/c1-49-34-21-17-31(18-22-34)42-28-39(51-38-14-8-7-13-37(38)48(42)40(45-50-42)29-15-19-32(43)20-16-29)35-27-30-9-5-6-12-36(30)44-41(35)47-25-23-46(24-26-47)33-10-3-2-4-11-33/h2-22,27,39H,23-26,28H2,1H3. The van der Waals surface area contributed by atoms with Crippen LogP contribution >= 0.6 is 23.4 Å². The first-order valence-corrected chi connectivity index (χ1v) is 18.5. The highest BCUT2D eigenvalue weighted by molar-refractivity contribution is 7.99. The Morgan fingerprint density at radius 2 is 1.49 bits per heavy atom. The van der Waals surface area contributed by atoms with E-state index >= 15 is 0 Å². The van der Waals surface area contributed by atoms with Crippen molar-refractivity contribution >= 4 is 57.3 Å². The number of para-hydroxylation sites is 3. The van der Waals surface area contributed by atoms with E-state index in [1.165, 1.54) is 11.3 Å². The summed E-state index contributed by atoms with van der Waals surface area (Å²) in [7, 11) is 1.69. The third-order valence-electron chi connectivity index (χ3n) is 10.1. The molecule has 0 aliphatic carbocycles. The number of hydrogen-bond acceptors (Lipinski definition) is 8. The van der Waals surface area contributed by atoms with Gasteiger partial charge in [-0.15, -0.1) is 11.8 Å². The summed E-state index contributed by atoms with van der Waals surface area (Å²) in [6.07, 6.45) is 0.607. The number of thioether (sulfide) groups is 1. The van der Waals surface area contributed by atoms with Crippen LogP contribution in [0.4, 0.5) is 17.2 Å². The lowest BCUT2D eigenvalue weighted by Gasteiger charge is -2.39. The Balaban J connectivity index is 1.18. The summed E-state index contributed by atoms with van der Waals surface area (Å²) in [6.45, 7) is 3.59. The number of ether oxygens (including phenoxy) is 1. The minimum absolute atomic E-state index is 0.0303. The van der Waals surface area contributed by atoms with Crippen LogP contribution in [0, 0.1) is 0 Å². The van der Waals surface area contributed by atoms with E-state index in [1.807, 2.05) is 48.2 Å². The molecule has 0 bridgehead atoms. The first-order chi connectivity index (χ1) is 25.1. The monoisotopic (exact) mass is 709 g/mol. The van der Waals surface area contributed by atoms with Crippen molar-refractivity contribution in [2.24, 2.45) is 5.16 Å². The van der Waals surface area contributed by atoms with Gasteiger partial charge in [0.1, 0.15) is 11.6 Å². The van der Waals surface area contributed by atoms with Gasteiger partial charge >= 0.3 is 0 Å². The second-order valence-electron chi connectivity index (χ2n) is 13.0. The summed E-state index contributed by atoms with van der Waals surface area (Å²) < 4.78 is 5.58. The summed E-state index contributed by atoms with van der Waals surface area (Å²) in [5.41, 5.74) is 5.45. The Kier molecular flexibility index (Phi) is 8.21. The van der Waals surface area contributed by atoms with Crippen LogP contribution in [0.1, 0.15) is 28.4 Å². The van der Waals surface area contributed by atoms with E-state index in [0.717, 1.165) is 76.2 Å².